The Kier molecular flexibility index (Phi) is 9.42. The zero-order valence-electron chi connectivity index (χ0n) is 23.7. The van der Waals surface area contributed by atoms with Gasteiger partial charge in [0.05, 0.1) is 37.5 Å². The molecule has 220 valence electrons. The molecule has 4 rings (SSSR count). The van der Waals surface area contributed by atoms with E-state index in [1.165, 1.54) is 31.4 Å². The fourth-order valence-corrected chi connectivity index (χ4v) is 5.29. The third kappa shape index (κ3) is 7.49. The number of anilines is 1. The van der Waals surface area contributed by atoms with E-state index in [-0.39, 0.29) is 52.2 Å². The van der Waals surface area contributed by atoms with Crippen LogP contribution in [0.2, 0.25) is 0 Å². The predicted molar refractivity (Wildman–Crippen MR) is 155 cm³/mol. The SMILES string of the molecule is COc1cccc(Oc2c(NS(=O)(=O)c3ccc(C(C)(C)C)cc3)cc(C(=O)N3CCOCC3)cc2OCCO)c1. The van der Waals surface area contributed by atoms with Gasteiger partial charge in [0, 0.05) is 24.7 Å². The van der Waals surface area contributed by atoms with Crippen molar-refractivity contribution in [3.05, 3.63) is 71.8 Å². The summed E-state index contributed by atoms with van der Waals surface area (Å²) in [5, 5.41) is 9.46. The molecule has 41 heavy (non-hydrogen) atoms. The highest BCUT2D eigenvalue weighted by atomic mass is 32.2. The van der Waals surface area contributed by atoms with Gasteiger partial charge in [0.1, 0.15) is 18.1 Å². The number of carbonyl (C=O) groups excluding carboxylic acids is 1. The van der Waals surface area contributed by atoms with Crippen LogP contribution in [0.4, 0.5) is 5.69 Å². The van der Waals surface area contributed by atoms with Crippen molar-refractivity contribution in [2.75, 3.05) is 51.3 Å². The molecule has 3 aromatic carbocycles. The van der Waals surface area contributed by atoms with Crippen LogP contribution < -0.4 is 18.9 Å². The zero-order valence-corrected chi connectivity index (χ0v) is 24.5. The number of amides is 1. The summed E-state index contributed by atoms with van der Waals surface area (Å²) in [6, 6.07) is 16.3. The molecule has 1 amide bonds. The Balaban J connectivity index is 1.80. The van der Waals surface area contributed by atoms with Crippen molar-refractivity contribution >= 4 is 21.6 Å². The monoisotopic (exact) mass is 584 g/mol. The fraction of sp³-hybridized carbons (Fsp3) is 0.367. The standard InChI is InChI=1S/C30H36N2O8S/c1-30(2,3)22-8-10-25(11-9-22)41(35,36)31-26-18-21(29(34)32-12-15-38-16-13-32)19-27(39-17-14-33)28(26)40-24-7-5-6-23(20-24)37-4/h5-11,18-20,31,33H,12-17H2,1-4H3. The molecular formula is C30H36N2O8S. The summed E-state index contributed by atoms with van der Waals surface area (Å²) in [6.45, 7) is 7.32. The van der Waals surface area contributed by atoms with Gasteiger partial charge in [0.2, 0.25) is 0 Å². The van der Waals surface area contributed by atoms with E-state index in [9.17, 15) is 18.3 Å². The second-order valence-corrected chi connectivity index (χ2v) is 12.2. The molecule has 0 atom stereocenters. The van der Waals surface area contributed by atoms with E-state index in [1.807, 2.05) is 20.8 Å². The minimum atomic E-state index is -4.11. The summed E-state index contributed by atoms with van der Waals surface area (Å²) < 4.78 is 52.4. The first-order valence-corrected chi connectivity index (χ1v) is 14.7. The molecule has 1 fully saturated rings. The van der Waals surface area contributed by atoms with Crippen LogP contribution in [0.15, 0.2) is 65.6 Å². The highest BCUT2D eigenvalue weighted by Gasteiger charge is 2.26. The highest BCUT2D eigenvalue weighted by Crippen LogP contribution is 2.42. The average Bonchev–Trinajstić information content (AvgIpc) is 2.96. The first-order valence-electron chi connectivity index (χ1n) is 13.3. The fourth-order valence-electron chi connectivity index (χ4n) is 4.24. The van der Waals surface area contributed by atoms with Gasteiger partial charge in [-0.2, -0.15) is 0 Å². The average molecular weight is 585 g/mol. The summed E-state index contributed by atoms with van der Waals surface area (Å²) in [6.07, 6.45) is 0. The van der Waals surface area contributed by atoms with Crippen LogP contribution in [-0.2, 0) is 20.2 Å². The number of nitrogens with zero attached hydrogens (tertiary/aromatic N) is 1. The minimum absolute atomic E-state index is 0.000216. The lowest BCUT2D eigenvalue weighted by Gasteiger charge is -2.27. The summed E-state index contributed by atoms with van der Waals surface area (Å²) >= 11 is 0. The van der Waals surface area contributed by atoms with Gasteiger partial charge in [0.15, 0.2) is 11.5 Å². The molecule has 1 aliphatic rings. The van der Waals surface area contributed by atoms with Gasteiger partial charge in [-0.25, -0.2) is 8.42 Å². The van der Waals surface area contributed by atoms with E-state index in [0.29, 0.717) is 37.8 Å². The number of methoxy groups -OCH3 is 1. The highest BCUT2D eigenvalue weighted by molar-refractivity contribution is 7.92. The third-order valence-electron chi connectivity index (χ3n) is 6.49. The first kappa shape index (κ1) is 30.2. The van der Waals surface area contributed by atoms with Gasteiger partial charge in [-0.1, -0.05) is 39.0 Å². The van der Waals surface area contributed by atoms with Crippen LogP contribution in [0.3, 0.4) is 0 Å². The molecule has 3 aromatic rings. The van der Waals surface area contributed by atoms with Crippen LogP contribution in [-0.4, -0.2) is 71.0 Å². The summed E-state index contributed by atoms with van der Waals surface area (Å²) in [5.74, 6) is 0.674. The molecule has 0 unspecified atom stereocenters. The van der Waals surface area contributed by atoms with Gasteiger partial charge < -0.3 is 29.0 Å². The molecule has 0 bridgehead atoms. The molecule has 0 aliphatic carbocycles. The van der Waals surface area contributed by atoms with Gasteiger partial charge >= 0.3 is 0 Å². The second kappa shape index (κ2) is 12.8. The van der Waals surface area contributed by atoms with E-state index in [2.05, 4.69) is 4.72 Å². The number of nitrogens with one attached hydrogen (secondary N) is 1. The summed E-state index contributed by atoms with van der Waals surface area (Å²) in [5.41, 5.74) is 1.02. The Morgan fingerprint density at radius 3 is 2.34 bits per heavy atom. The van der Waals surface area contributed by atoms with Crippen molar-refractivity contribution in [2.24, 2.45) is 0 Å². The number of hydrogen-bond acceptors (Lipinski definition) is 8. The van der Waals surface area contributed by atoms with Crippen LogP contribution >= 0.6 is 0 Å². The van der Waals surface area contributed by atoms with Crippen molar-refractivity contribution in [3.63, 3.8) is 0 Å². The lowest BCUT2D eigenvalue weighted by atomic mass is 9.87. The molecule has 2 N–H and O–H groups in total. The number of rotatable bonds is 10. The molecular weight excluding hydrogens is 548 g/mol. The molecule has 0 saturated carbocycles. The lowest BCUT2D eigenvalue weighted by molar-refractivity contribution is 0.0302. The van der Waals surface area contributed by atoms with Crippen molar-refractivity contribution in [1.82, 2.24) is 4.90 Å². The van der Waals surface area contributed by atoms with Gasteiger partial charge in [-0.3, -0.25) is 9.52 Å². The van der Waals surface area contributed by atoms with Crippen LogP contribution in [0, 0.1) is 0 Å². The van der Waals surface area contributed by atoms with Gasteiger partial charge in [-0.05, 0) is 47.4 Å². The molecule has 1 saturated heterocycles. The Labute approximate surface area is 240 Å². The van der Waals surface area contributed by atoms with Gasteiger partial charge in [0.25, 0.3) is 15.9 Å². The van der Waals surface area contributed by atoms with Crippen LogP contribution in [0.25, 0.3) is 0 Å². The second-order valence-electron chi connectivity index (χ2n) is 10.5. The number of morpholine rings is 1. The number of aliphatic hydroxyl groups is 1. The Morgan fingerprint density at radius 1 is 1.02 bits per heavy atom. The van der Waals surface area contributed by atoms with E-state index in [1.54, 1.807) is 41.3 Å². The number of hydrogen-bond donors (Lipinski definition) is 2. The topological polar surface area (TPSA) is 124 Å². The maximum atomic E-state index is 13.6. The normalized spacial score (nSPS) is 13.9. The first-order chi connectivity index (χ1) is 19.5. The molecule has 0 spiro atoms. The number of benzene rings is 3. The third-order valence-corrected chi connectivity index (χ3v) is 7.87. The minimum Gasteiger partial charge on any atom is -0.497 e. The number of sulfonamides is 1. The van der Waals surface area contributed by atoms with Crippen molar-refractivity contribution < 1.29 is 37.3 Å². The number of aliphatic hydroxyl groups excluding tert-OH is 1. The Morgan fingerprint density at radius 2 is 1.71 bits per heavy atom. The lowest BCUT2D eigenvalue weighted by Crippen LogP contribution is -2.40. The molecule has 0 aromatic heterocycles. The summed E-state index contributed by atoms with van der Waals surface area (Å²) in [4.78, 5) is 15.1. The molecule has 0 radical (unpaired) electrons. The molecule has 1 aliphatic heterocycles. The molecule has 10 nitrogen and oxygen atoms in total. The molecule has 11 heteroatoms. The van der Waals surface area contributed by atoms with E-state index < -0.39 is 10.0 Å². The zero-order chi connectivity index (χ0) is 29.6. The Bertz CT molecular complexity index is 1460. The van der Waals surface area contributed by atoms with Crippen molar-refractivity contribution in [1.29, 1.82) is 0 Å². The van der Waals surface area contributed by atoms with Crippen LogP contribution in [0.1, 0.15) is 36.7 Å². The predicted octanol–water partition coefficient (Wildman–Crippen LogP) is 4.43. The van der Waals surface area contributed by atoms with E-state index in [0.717, 1.165) is 5.56 Å². The van der Waals surface area contributed by atoms with E-state index >= 15 is 0 Å². The quantitative estimate of drug-likeness (QED) is 0.359. The smallest absolute Gasteiger partial charge is 0.262 e. The Hall–Kier alpha value is -3.80. The maximum absolute atomic E-state index is 13.6. The number of ether oxygens (including phenoxy) is 4. The summed E-state index contributed by atoms with van der Waals surface area (Å²) in [7, 11) is -2.59. The molecule has 1 heterocycles. The largest absolute Gasteiger partial charge is 0.497 e. The van der Waals surface area contributed by atoms with Crippen molar-refractivity contribution in [3.8, 4) is 23.0 Å². The van der Waals surface area contributed by atoms with Gasteiger partial charge in [-0.15, -0.1) is 0 Å². The van der Waals surface area contributed by atoms with Crippen molar-refractivity contribution in [2.45, 2.75) is 31.1 Å². The van der Waals surface area contributed by atoms with E-state index in [4.69, 9.17) is 18.9 Å². The number of carbonyl (C=O) groups is 1. The van der Waals surface area contributed by atoms with Crippen LogP contribution in [0.5, 0.6) is 23.0 Å². The maximum Gasteiger partial charge on any atom is 0.262 e.